The second-order valence-electron chi connectivity index (χ2n) is 6.91. The molecule has 3 rings (SSSR count). The first-order valence-corrected chi connectivity index (χ1v) is 10.6. The highest BCUT2D eigenvalue weighted by atomic mass is 35.5. The summed E-state index contributed by atoms with van der Waals surface area (Å²) in [5.74, 6) is -5.33. The molecule has 0 aromatic heterocycles. The number of esters is 1. The first-order chi connectivity index (χ1) is 14.8. The highest BCUT2D eigenvalue weighted by molar-refractivity contribution is 7.99. The number of hydrogen-bond acceptors (Lipinski definition) is 4. The second kappa shape index (κ2) is 10.2. The van der Waals surface area contributed by atoms with Gasteiger partial charge >= 0.3 is 5.97 Å². The van der Waals surface area contributed by atoms with Gasteiger partial charge in [-0.1, -0.05) is 53.7 Å². The van der Waals surface area contributed by atoms with Crippen molar-refractivity contribution in [1.29, 1.82) is 0 Å². The van der Waals surface area contributed by atoms with Gasteiger partial charge in [0.05, 0.1) is 18.6 Å². The Morgan fingerprint density at radius 3 is 2.61 bits per heavy atom. The molecule has 3 atom stereocenters. The van der Waals surface area contributed by atoms with Crippen molar-refractivity contribution in [2.75, 3.05) is 7.11 Å². The van der Waals surface area contributed by atoms with E-state index in [4.69, 9.17) is 16.3 Å². The van der Waals surface area contributed by atoms with E-state index in [1.165, 1.54) is 31.4 Å². The maximum Gasteiger partial charge on any atom is 0.313 e. The monoisotopic (exact) mass is 469 g/mol. The van der Waals surface area contributed by atoms with Gasteiger partial charge in [0.2, 0.25) is 0 Å². The number of halogens is 4. The third-order valence-electron chi connectivity index (χ3n) is 4.96. The molecule has 0 unspecified atom stereocenters. The van der Waals surface area contributed by atoms with Crippen LogP contribution < -0.4 is 5.32 Å². The van der Waals surface area contributed by atoms with Crippen molar-refractivity contribution in [3.05, 3.63) is 76.6 Å². The smallest absolute Gasteiger partial charge is 0.313 e. The largest absolute Gasteiger partial charge is 0.469 e. The summed E-state index contributed by atoms with van der Waals surface area (Å²) in [5.41, 5.74) is 0.575. The van der Waals surface area contributed by atoms with Gasteiger partial charge < -0.3 is 10.1 Å². The lowest BCUT2D eigenvalue weighted by Crippen LogP contribution is -2.34. The number of carbonyl (C=O) groups excluding carboxylic acids is 2. The van der Waals surface area contributed by atoms with Crippen molar-refractivity contribution in [3.8, 4) is 0 Å². The Hall–Kier alpha value is -2.45. The zero-order chi connectivity index (χ0) is 22.5. The Morgan fingerprint density at radius 2 is 1.94 bits per heavy atom. The number of amides is 1. The maximum absolute atomic E-state index is 13.4. The summed E-state index contributed by atoms with van der Waals surface area (Å²) >= 11 is 6.46. The lowest BCUT2D eigenvalue weighted by Gasteiger charge is -2.23. The fourth-order valence-electron chi connectivity index (χ4n) is 3.59. The first-order valence-electron chi connectivity index (χ1n) is 9.36. The molecular formula is C22H19ClF3NO3S. The second-order valence-corrected chi connectivity index (χ2v) is 8.34. The molecule has 1 aliphatic rings. The van der Waals surface area contributed by atoms with Crippen molar-refractivity contribution in [3.63, 3.8) is 0 Å². The number of carbonyl (C=O) groups is 2. The molecule has 1 amide bonds. The van der Waals surface area contributed by atoms with Crippen molar-refractivity contribution in [1.82, 2.24) is 5.32 Å². The molecule has 31 heavy (non-hydrogen) atoms. The van der Waals surface area contributed by atoms with Crippen LogP contribution in [0, 0.1) is 11.7 Å². The molecule has 1 N–H and O–H groups in total. The first kappa shape index (κ1) is 23.2. The fourth-order valence-corrected chi connectivity index (χ4v) is 4.52. The highest BCUT2D eigenvalue weighted by Gasteiger charge is 2.35. The van der Waals surface area contributed by atoms with Crippen LogP contribution in [0.25, 0.3) is 0 Å². The molecular weight excluding hydrogens is 451 g/mol. The SMILES string of the molecule is COC(=O)[C@H](c1ccc(F)cc1Cl)[C@H]1C=C[C@H](NC(=O)c2ccccc2SC(F)F)C1. The van der Waals surface area contributed by atoms with E-state index in [1.807, 2.05) is 0 Å². The van der Waals surface area contributed by atoms with E-state index in [0.29, 0.717) is 23.7 Å². The lowest BCUT2D eigenvalue weighted by molar-refractivity contribution is -0.143. The Kier molecular flexibility index (Phi) is 7.67. The third kappa shape index (κ3) is 5.62. The van der Waals surface area contributed by atoms with Crippen molar-refractivity contribution >= 4 is 35.2 Å². The molecule has 2 aromatic carbocycles. The van der Waals surface area contributed by atoms with Crippen LogP contribution >= 0.6 is 23.4 Å². The minimum atomic E-state index is -2.65. The number of allylic oxidation sites excluding steroid dienone is 1. The van der Waals surface area contributed by atoms with E-state index >= 15 is 0 Å². The minimum Gasteiger partial charge on any atom is -0.469 e. The topological polar surface area (TPSA) is 55.4 Å². The molecule has 0 aliphatic heterocycles. The molecule has 164 valence electrons. The van der Waals surface area contributed by atoms with Gasteiger partial charge in [-0.15, -0.1) is 0 Å². The summed E-state index contributed by atoms with van der Waals surface area (Å²) in [4.78, 5) is 25.3. The average molecular weight is 470 g/mol. The molecule has 0 saturated carbocycles. The number of alkyl halides is 2. The Labute approximate surface area is 186 Å². The normalized spacial score (nSPS) is 18.8. The fraction of sp³-hybridized carbons (Fsp3) is 0.273. The van der Waals surface area contributed by atoms with Crippen molar-refractivity contribution < 1.29 is 27.5 Å². The van der Waals surface area contributed by atoms with Crippen LogP contribution in [0.15, 0.2) is 59.5 Å². The van der Waals surface area contributed by atoms with Crippen LogP contribution in [0.3, 0.4) is 0 Å². The molecule has 0 spiro atoms. The third-order valence-corrected chi connectivity index (χ3v) is 6.08. The van der Waals surface area contributed by atoms with E-state index in [1.54, 1.807) is 24.3 Å². The van der Waals surface area contributed by atoms with Crippen LogP contribution in [-0.2, 0) is 9.53 Å². The Balaban J connectivity index is 1.75. The Morgan fingerprint density at radius 1 is 1.19 bits per heavy atom. The standard InChI is InChI=1S/C22H19ClF3NO3S/c1-30-21(29)19(15-9-7-13(24)11-17(15)23)12-6-8-14(10-12)27-20(28)16-4-2-3-5-18(16)31-22(25)26/h2-9,11-12,14,19,22H,10H2,1H3,(H,27,28)/t12-,14-,19-/m0/s1. The Bertz CT molecular complexity index is 1000. The van der Waals surface area contributed by atoms with Crippen LogP contribution in [0.5, 0.6) is 0 Å². The van der Waals surface area contributed by atoms with Crippen LogP contribution in [0.2, 0.25) is 5.02 Å². The number of nitrogens with one attached hydrogen (secondary N) is 1. The molecule has 0 bridgehead atoms. The molecule has 9 heteroatoms. The number of methoxy groups -OCH3 is 1. The van der Waals surface area contributed by atoms with Gasteiger partial charge in [-0.25, -0.2) is 4.39 Å². The van der Waals surface area contributed by atoms with E-state index in [9.17, 15) is 22.8 Å². The zero-order valence-corrected chi connectivity index (χ0v) is 17.9. The molecule has 2 aromatic rings. The summed E-state index contributed by atoms with van der Waals surface area (Å²) in [6.07, 6.45) is 3.87. The van der Waals surface area contributed by atoms with Crippen molar-refractivity contribution in [2.24, 2.45) is 5.92 Å². The average Bonchev–Trinajstić information content (AvgIpc) is 3.17. The van der Waals surface area contributed by atoms with E-state index < -0.39 is 35.4 Å². The lowest BCUT2D eigenvalue weighted by atomic mass is 9.85. The summed E-state index contributed by atoms with van der Waals surface area (Å²) < 4.78 is 43.9. The number of thioether (sulfide) groups is 1. The van der Waals surface area contributed by atoms with Gasteiger partial charge in [0.15, 0.2) is 0 Å². The summed E-state index contributed by atoms with van der Waals surface area (Å²) in [7, 11) is 1.25. The predicted molar refractivity (Wildman–Crippen MR) is 113 cm³/mol. The molecule has 0 radical (unpaired) electrons. The van der Waals surface area contributed by atoms with E-state index in [2.05, 4.69) is 5.32 Å². The summed E-state index contributed by atoms with van der Waals surface area (Å²) in [5, 5.41) is 2.90. The van der Waals surface area contributed by atoms with Crippen LogP contribution in [0.1, 0.15) is 28.3 Å². The molecule has 4 nitrogen and oxygen atoms in total. The van der Waals surface area contributed by atoms with Crippen molar-refractivity contribution in [2.45, 2.75) is 29.0 Å². The molecule has 0 fully saturated rings. The van der Waals surface area contributed by atoms with Gasteiger partial charge in [-0.3, -0.25) is 9.59 Å². The summed E-state index contributed by atoms with van der Waals surface area (Å²) in [6.45, 7) is 0. The van der Waals surface area contributed by atoms with Gasteiger partial charge in [0.25, 0.3) is 11.7 Å². The molecule has 0 heterocycles. The van der Waals surface area contributed by atoms with E-state index in [0.717, 1.165) is 6.07 Å². The van der Waals surface area contributed by atoms with Gasteiger partial charge in [0.1, 0.15) is 5.82 Å². The van der Waals surface area contributed by atoms with Gasteiger partial charge in [-0.2, -0.15) is 8.78 Å². The van der Waals surface area contributed by atoms with E-state index in [-0.39, 0.29) is 21.4 Å². The molecule has 1 aliphatic carbocycles. The quantitative estimate of drug-likeness (QED) is 0.334. The maximum atomic E-state index is 13.4. The number of hydrogen-bond donors (Lipinski definition) is 1. The van der Waals surface area contributed by atoms with Gasteiger partial charge in [-0.05, 0) is 42.2 Å². The van der Waals surface area contributed by atoms with Crippen LogP contribution in [0.4, 0.5) is 13.2 Å². The number of rotatable bonds is 7. The van der Waals surface area contributed by atoms with Gasteiger partial charge in [0, 0.05) is 16.0 Å². The summed E-state index contributed by atoms with van der Waals surface area (Å²) in [6, 6.07) is 9.48. The predicted octanol–water partition coefficient (Wildman–Crippen LogP) is 5.43. The van der Waals surface area contributed by atoms with Crippen LogP contribution in [-0.4, -0.2) is 30.8 Å². The minimum absolute atomic E-state index is 0.106. The number of ether oxygens (including phenoxy) is 1. The molecule has 0 saturated heterocycles. The zero-order valence-electron chi connectivity index (χ0n) is 16.4. The number of benzene rings is 2. The highest BCUT2D eigenvalue weighted by Crippen LogP contribution is 2.38.